The fourth-order valence-electron chi connectivity index (χ4n) is 2.83. The Kier molecular flexibility index (Phi) is 5.86. The number of carbonyl (C=O) groups excluding carboxylic acids is 1. The Bertz CT molecular complexity index is 1280. The number of benzene rings is 2. The van der Waals surface area contributed by atoms with Crippen molar-refractivity contribution in [3.63, 3.8) is 0 Å². The number of nitrogens with one attached hydrogen (secondary N) is 1. The molecule has 3 aromatic rings. The molecule has 1 amide bonds. The zero-order chi connectivity index (χ0) is 22.1. The van der Waals surface area contributed by atoms with Crippen molar-refractivity contribution in [3.05, 3.63) is 84.9 Å². The van der Waals surface area contributed by atoms with Gasteiger partial charge in [0.25, 0.3) is 11.6 Å². The van der Waals surface area contributed by atoms with Gasteiger partial charge in [-0.25, -0.2) is 4.99 Å². The molecule has 31 heavy (non-hydrogen) atoms. The lowest BCUT2D eigenvalue weighted by molar-refractivity contribution is -0.384. The number of hydrogen-bond acceptors (Lipinski definition) is 6. The second-order valence-electron chi connectivity index (χ2n) is 6.49. The van der Waals surface area contributed by atoms with E-state index in [4.69, 9.17) is 27.6 Å². The van der Waals surface area contributed by atoms with Crippen LogP contribution in [0.2, 0.25) is 10.0 Å². The second kappa shape index (κ2) is 8.58. The summed E-state index contributed by atoms with van der Waals surface area (Å²) >= 11 is 13.5. The second-order valence-corrected chi connectivity index (χ2v) is 8.33. The number of rotatable bonds is 4. The van der Waals surface area contributed by atoms with Gasteiger partial charge in [0.2, 0.25) is 0 Å². The van der Waals surface area contributed by atoms with Crippen LogP contribution < -0.4 is 5.32 Å². The van der Waals surface area contributed by atoms with E-state index in [-0.39, 0.29) is 11.6 Å². The average Bonchev–Trinajstić information content (AvgIpc) is 3.32. The number of nitro benzene ring substituents is 1. The van der Waals surface area contributed by atoms with Crippen molar-refractivity contribution in [1.29, 1.82) is 0 Å². The summed E-state index contributed by atoms with van der Waals surface area (Å²) in [5.41, 5.74) is 1.77. The van der Waals surface area contributed by atoms with E-state index in [0.717, 1.165) is 5.56 Å². The van der Waals surface area contributed by atoms with Gasteiger partial charge in [-0.3, -0.25) is 14.9 Å². The van der Waals surface area contributed by atoms with Crippen LogP contribution in [0.25, 0.3) is 17.4 Å². The predicted molar refractivity (Wildman–Crippen MR) is 123 cm³/mol. The minimum absolute atomic E-state index is 0.0985. The molecule has 1 aromatic heterocycles. The Balaban J connectivity index is 1.59. The number of aliphatic imine (C=N–C) groups is 1. The van der Waals surface area contributed by atoms with Gasteiger partial charge < -0.3 is 9.73 Å². The third kappa shape index (κ3) is 4.51. The summed E-state index contributed by atoms with van der Waals surface area (Å²) in [5, 5.41) is 15.1. The molecule has 7 nitrogen and oxygen atoms in total. The molecule has 1 aliphatic rings. The number of carbonyl (C=O) groups is 1. The van der Waals surface area contributed by atoms with Gasteiger partial charge in [-0.15, -0.1) is 0 Å². The van der Waals surface area contributed by atoms with Crippen molar-refractivity contribution in [3.8, 4) is 11.3 Å². The van der Waals surface area contributed by atoms with Gasteiger partial charge in [-0.2, -0.15) is 0 Å². The van der Waals surface area contributed by atoms with Crippen molar-refractivity contribution in [1.82, 2.24) is 5.32 Å². The fraction of sp³-hybridized carbons (Fsp3) is 0.0476. The van der Waals surface area contributed by atoms with Gasteiger partial charge >= 0.3 is 0 Å². The predicted octanol–water partition coefficient (Wildman–Crippen LogP) is 6.36. The third-order valence-corrected chi connectivity index (χ3v) is 6.09. The van der Waals surface area contributed by atoms with Crippen molar-refractivity contribution in [2.24, 2.45) is 4.99 Å². The van der Waals surface area contributed by atoms with Crippen LogP contribution in [0.15, 0.2) is 62.8 Å². The van der Waals surface area contributed by atoms with E-state index >= 15 is 0 Å². The lowest BCUT2D eigenvalue weighted by atomic mass is 10.1. The van der Waals surface area contributed by atoms with Crippen molar-refractivity contribution < 1.29 is 14.1 Å². The van der Waals surface area contributed by atoms with Gasteiger partial charge in [-0.1, -0.05) is 29.3 Å². The summed E-state index contributed by atoms with van der Waals surface area (Å²) in [7, 11) is 0. The number of non-ortho nitro benzene ring substituents is 1. The van der Waals surface area contributed by atoms with E-state index < -0.39 is 4.92 Å². The van der Waals surface area contributed by atoms with Crippen LogP contribution in [0, 0.1) is 17.0 Å². The summed E-state index contributed by atoms with van der Waals surface area (Å²) in [5.74, 6) is 0.442. The monoisotopic (exact) mass is 473 g/mol. The zero-order valence-electron chi connectivity index (χ0n) is 15.9. The highest BCUT2D eigenvalue weighted by atomic mass is 35.5. The van der Waals surface area contributed by atoms with Crippen molar-refractivity contribution in [2.75, 3.05) is 0 Å². The molecule has 0 aliphatic carbocycles. The van der Waals surface area contributed by atoms with E-state index in [0.29, 0.717) is 42.9 Å². The lowest BCUT2D eigenvalue weighted by Gasteiger charge is -2.02. The van der Waals surface area contributed by atoms with Crippen LogP contribution in [0.1, 0.15) is 11.3 Å². The first kappa shape index (κ1) is 21.2. The zero-order valence-corrected chi connectivity index (χ0v) is 18.2. The molecular formula is C21H13Cl2N3O4S. The number of amides is 1. The van der Waals surface area contributed by atoms with Crippen molar-refractivity contribution >= 4 is 63.5 Å². The van der Waals surface area contributed by atoms with E-state index in [1.807, 2.05) is 13.0 Å². The minimum atomic E-state index is -0.506. The molecule has 0 saturated carbocycles. The first-order valence-electron chi connectivity index (χ1n) is 8.90. The van der Waals surface area contributed by atoms with Gasteiger partial charge in [0, 0.05) is 28.8 Å². The first-order valence-corrected chi connectivity index (χ1v) is 10.5. The molecule has 1 fully saturated rings. The molecule has 1 aliphatic heterocycles. The number of nitrogens with zero attached hydrogens (tertiary/aromatic N) is 2. The summed E-state index contributed by atoms with van der Waals surface area (Å²) in [4.78, 5) is 27.7. The number of thioether (sulfide) groups is 1. The molecule has 0 unspecified atom stereocenters. The minimum Gasteiger partial charge on any atom is -0.457 e. The summed E-state index contributed by atoms with van der Waals surface area (Å²) in [6.45, 7) is 1.85. The van der Waals surface area contributed by atoms with Gasteiger partial charge in [0.15, 0.2) is 5.17 Å². The highest BCUT2D eigenvalue weighted by molar-refractivity contribution is 8.18. The maximum atomic E-state index is 12.3. The molecule has 156 valence electrons. The van der Waals surface area contributed by atoms with Crippen LogP contribution >= 0.6 is 35.0 Å². The van der Waals surface area contributed by atoms with E-state index in [9.17, 15) is 14.9 Å². The topological polar surface area (TPSA) is 97.7 Å². The number of nitro groups is 1. The van der Waals surface area contributed by atoms with Gasteiger partial charge in [-0.05, 0) is 54.6 Å². The van der Waals surface area contributed by atoms with Crippen LogP contribution in [-0.2, 0) is 4.79 Å². The van der Waals surface area contributed by atoms with Gasteiger partial charge in [0.1, 0.15) is 11.5 Å². The van der Waals surface area contributed by atoms with E-state index in [1.165, 1.54) is 30.0 Å². The Morgan fingerprint density at radius 1 is 1.16 bits per heavy atom. The molecule has 0 atom stereocenters. The molecule has 1 N–H and O–H groups in total. The van der Waals surface area contributed by atoms with Crippen LogP contribution in [0.5, 0.6) is 0 Å². The maximum absolute atomic E-state index is 12.3. The Morgan fingerprint density at radius 2 is 1.97 bits per heavy atom. The van der Waals surface area contributed by atoms with Crippen molar-refractivity contribution in [2.45, 2.75) is 6.92 Å². The lowest BCUT2D eigenvalue weighted by Crippen LogP contribution is -2.19. The van der Waals surface area contributed by atoms with E-state index in [2.05, 4.69) is 10.3 Å². The Labute approximate surface area is 190 Å². The number of halogens is 2. The summed E-state index contributed by atoms with van der Waals surface area (Å²) in [6.07, 6.45) is 1.57. The standard InChI is InChI=1S/C21H13Cl2N3O4S/c1-11-15(22)3-2-4-17(11)24-21-25-20(27)19(31-21)10-13-6-8-18(30-13)14-9-12(26(28)29)5-7-16(14)23/h2-10H,1H3,(H,24,25,27)/b19-10+. The van der Waals surface area contributed by atoms with Gasteiger partial charge in [0.05, 0.1) is 20.5 Å². The molecule has 10 heteroatoms. The van der Waals surface area contributed by atoms with E-state index in [1.54, 1.807) is 30.3 Å². The molecule has 0 spiro atoms. The first-order chi connectivity index (χ1) is 14.8. The number of furan rings is 1. The SMILES string of the molecule is Cc1c(Cl)cccc1N=C1NC(=O)/C(=C\c2ccc(-c3cc([N+](=O)[O-])ccc3Cl)o2)S1. The normalized spacial score (nSPS) is 16.2. The van der Waals surface area contributed by atoms with Crippen LogP contribution in [0.4, 0.5) is 11.4 Å². The highest BCUT2D eigenvalue weighted by Crippen LogP contribution is 2.35. The third-order valence-electron chi connectivity index (χ3n) is 4.44. The quantitative estimate of drug-likeness (QED) is 0.270. The summed E-state index contributed by atoms with van der Waals surface area (Å²) < 4.78 is 5.75. The number of amidine groups is 1. The largest absolute Gasteiger partial charge is 0.457 e. The molecule has 0 radical (unpaired) electrons. The molecule has 2 heterocycles. The van der Waals surface area contributed by atoms with Crippen LogP contribution in [-0.4, -0.2) is 16.0 Å². The number of hydrogen-bond donors (Lipinski definition) is 1. The molecule has 4 rings (SSSR count). The maximum Gasteiger partial charge on any atom is 0.270 e. The van der Waals surface area contributed by atoms with Crippen LogP contribution in [0.3, 0.4) is 0 Å². The Morgan fingerprint density at radius 3 is 2.74 bits per heavy atom. The Hall–Kier alpha value is -3.07. The average molecular weight is 474 g/mol. The highest BCUT2D eigenvalue weighted by Gasteiger charge is 2.25. The smallest absolute Gasteiger partial charge is 0.270 e. The molecular weight excluding hydrogens is 461 g/mol. The summed E-state index contributed by atoms with van der Waals surface area (Å²) in [6, 6.07) is 12.8. The fourth-order valence-corrected chi connectivity index (χ4v) is 4.02. The molecule has 1 saturated heterocycles. The molecule has 0 bridgehead atoms. The molecule has 2 aromatic carbocycles.